The summed E-state index contributed by atoms with van der Waals surface area (Å²) in [4.78, 5) is 13.1. The molecule has 1 aliphatic carbocycles. The molecule has 0 radical (unpaired) electrons. The molecule has 0 aromatic heterocycles. The number of aryl methyl sites for hydroxylation is 2. The molecule has 0 spiro atoms. The maximum Gasteiger partial charge on any atom is 0.244 e. The Labute approximate surface area is 194 Å². The van der Waals surface area contributed by atoms with E-state index in [1.165, 1.54) is 36.1 Å². The van der Waals surface area contributed by atoms with Gasteiger partial charge in [-0.3, -0.25) is 9.10 Å². The van der Waals surface area contributed by atoms with Gasteiger partial charge in [0.2, 0.25) is 15.9 Å². The van der Waals surface area contributed by atoms with E-state index < -0.39 is 16.1 Å². The van der Waals surface area contributed by atoms with Gasteiger partial charge in [0.1, 0.15) is 6.04 Å². The van der Waals surface area contributed by atoms with Gasteiger partial charge < -0.3 is 5.32 Å². The van der Waals surface area contributed by atoms with Crippen LogP contribution < -0.4 is 9.62 Å². The zero-order valence-electron chi connectivity index (χ0n) is 18.0. The zero-order valence-corrected chi connectivity index (χ0v) is 20.3. The molecule has 0 heterocycles. The smallest absolute Gasteiger partial charge is 0.244 e. The third-order valence-electron chi connectivity index (χ3n) is 5.75. The fourth-order valence-electron chi connectivity index (χ4n) is 4.11. The fraction of sp³-hybridized carbons (Fsp3) is 0.435. The second-order valence-corrected chi connectivity index (χ2v) is 10.7. The molecule has 5 nitrogen and oxygen atoms in total. The van der Waals surface area contributed by atoms with E-state index in [0.29, 0.717) is 17.1 Å². The highest BCUT2D eigenvalue weighted by Crippen LogP contribution is 2.30. The van der Waals surface area contributed by atoms with E-state index >= 15 is 0 Å². The van der Waals surface area contributed by atoms with Gasteiger partial charge in [-0.2, -0.15) is 0 Å². The minimum atomic E-state index is -3.74. The summed E-state index contributed by atoms with van der Waals surface area (Å²) in [5, 5.41) is 3.57. The minimum Gasteiger partial charge on any atom is -0.347 e. The van der Waals surface area contributed by atoms with E-state index in [4.69, 9.17) is 23.2 Å². The van der Waals surface area contributed by atoms with E-state index in [1.807, 2.05) is 6.92 Å². The predicted octanol–water partition coefficient (Wildman–Crippen LogP) is 5.29. The molecule has 0 saturated carbocycles. The van der Waals surface area contributed by atoms with Crippen LogP contribution in [0.5, 0.6) is 0 Å². The number of rotatable bonds is 7. The summed E-state index contributed by atoms with van der Waals surface area (Å²) in [6.45, 7) is 3.57. The van der Waals surface area contributed by atoms with Gasteiger partial charge in [-0.05, 0) is 73.9 Å². The summed E-state index contributed by atoms with van der Waals surface area (Å²) < 4.78 is 26.1. The maximum absolute atomic E-state index is 13.1. The molecule has 3 rings (SSSR count). The van der Waals surface area contributed by atoms with Crippen molar-refractivity contribution in [2.24, 2.45) is 0 Å². The third-order valence-corrected chi connectivity index (χ3v) is 7.73. The van der Waals surface area contributed by atoms with E-state index in [-0.39, 0.29) is 17.0 Å². The molecule has 2 aromatic carbocycles. The Balaban J connectivity index is 1.84. The summed E-state index contributed by atoms with van der Waals surface area (Å²) in [5.41, 5.74) is 4.07. The van der Waals surface area contributed by atoms with Crippen molar-refractivity contribution in [1.82, 2.24) is 5.32 Å². The van der Waals surface area contributed by atoms with Crippen LogP contribution in [0.2, 0.25) is 10.0 Å². The van der Waals surface area contributed by atoms with Gasteiger partial charge >= 0.3 is 0 Å². The van der Waals surface area contributed by atoms with Crippen molar-refractivity contribution < 1.29 is 13.2 Å². The molecule has 1 N–H and O–H groups in total. The number of carbonyl (C=O) groups is 1. The van der Waals surface area contributed by atoms with E-state index in [0.717, 1.165) is 29.0 Å². The van der Waals surface area contributed by atoms with Crippen LogP contribution in [0.15, 0.2) is 36.4 Å². The highest BCUT2D eigenvalue weighted by molar-refractivity contribution is 7.92. The first-order valence-electron chi connectivity index (χ1n) is 10.5. The average Bonchev–Trinajstić information content (AvgIpc) is 2.73. The van der Waals surface area contributed by atoms with Crippen LogP contribution in [-0.4, -0.2) is 26.6 Å². The molecular weight excluding hydrogens is 455 g/mol. The summed E-state index contributed by atoms with van der Waals surface area (Å²) in [5.74, 6) is -0.374. The van der Waals surface area contributed by atoms with Gasteiger partial charge in [0.15, 0.2) is 0 Å². The summed E-state index contributed by atoms with van der Waals surface area (Å²) >= 11 is 12.1. The first-order chi connectivity index (χ1) is 14.6. The Kier molecular flexibility index (Phi) is 7.55. The number of hydrogen-bond donors (Lipinski definition) is 1. The highest BCUT2D eigenvalue weighted by atomic mass is 35.5. The molecule has 0 saturated heterocycles. The predicted molar refractivity (Wildman–Crippen MR) is 128 cm³/mol. The molecule has 31 heavy (non-hydrogen) atoms. The fourth-order valence-corrected chi connectivity index (χ4v) is 5.57. The summed E-state index contributed by atoms with van der Waals surface area (Å²) in [6, 6.07) is 9.76. The minimum absolute atomic E-state index is 0.197. The number of halogens is 2. The molecule has 168 valence electrons. The highest BCUT2D eigenvalue weighted by Gasteiger charge is 2.30. The quantitative estimate of drug-likeness (QED) is 0.582. The van der Waals surface area contributed by atoms with Crippen LogP contribution in [0.4, 0.5) is 5.69 Å². The SMILES string of the molecule is CCC(NC(=O)C(C)N(c1ccc(Cl)c(Cl)c1)S(C)(=O)=O)c1ccc2c(c1)CCCC2. The molecule has 2 atom stereocenters. The van der Waals surface area contributed by atoms with E-state index in [9.17, 15) is 13.2 Å². The third kappa shape index (κ3) is 5.54. The van der Waals surface area contributed by atoms with Crippen molar-refractivity contribution in [2.75, 3.05) is 10.6 Å². The maximum atomic E-state index is 13.1. The second-order valence-electron chi connectivity index (χ2n) is 8.04. The Hall–Kier alpha value is -1.76. The van der Waals surface area contributed by atoms with E-state index in [2.05, 4.69) is 23.5 Å². The number of nitrogens with zero attached hydrogens (tertiary/aromatic N) is 1. The van der Waals surface area contributed by atoms with Gasteiger partial charge in [-0.15, -0.1) is 0 Å². The molecule has 8 heteroatoms. The molecule has 0 fully saturated rings. The van der Waals surface area contributed by atoms with Crippen LogP contribution in [0.3, 0.4) is 0 Å². The molecule has 2 unspecified atom stereocenters. The van der Waals surface area contributed by atoms with Gasteiger partial charge in [0, 0.05) is 0 Å². The molecule has 1 aliphatic rings. The number of fused-ring (bicyclic) bond motifs is 1. The lowest BCUT2D eigenvalue weighted by Crippen LogP contribution is -2.48. The lowest BCUT2D eigenvalue weighted by molar-refractivity contribution is -0.122. The van der Waals surface area contributed by atoms with Crippen molar-refractivity contribution in [3.63, 3.8) is 0 Å². The van der Waals surface area contributed by atoms with Crippen LogP contribution in [0.25, 0.3) is 0 Å². The zero-order chi connectivity index (χ0) is 22.8. The Morgan fingerprint density at radius 3 is 2.35 bits per heavy atom. The molecule has 0 bridgehead atoms. The van der Waals surface area contributed by atoms with Crippen molar-refractivity contribution in [1.29, 1.82) is 0 Å². The van der Waals surface area contributed by atoms with Crippen molar-refractivity contribution in [2.45, 2.75) is 58.0 Å². The molecule has 0 aliphatic heterocycles. The van der Waals surface area contributed by atoms with Gasteiger partial charge in [-0.25, -0.2) is 8.42 Å². The number of benzene rings is 2. The Bertz CT molecular complexity index is 1070. The number of anilines is 1. The number of carbonyl (C=O) groups excluding carboxylic acids is 1. The van der Waals surface area contributed by atoms with Gasteiger partial charge in [-0.1, -0.05) is 48.3 Å². The number of nitrogens with one attached hydrogen (secondary N) is 1. The van der Waals surface area contributed by atoms with Crippen LogP contribution in [0, 0.1) is 0 Å². The lowest BCUT2D eigenvalue weighted by atomic mass is 9.88. The van der Waals surface area contributed by atoms with Crippen molar-refractivity contribution in [3.8, 4) is 0 Å². The average molecular weight is 483 g/mol. The summed E-state index contributed by atoms with van der Waals surface area (Å²) in [7, 11) is -3.74. The first-order valence-corrected chi connectivity index (χ1v) is 13.1. The Morgan fingerprint density at radius 1 is 1.06 bits per heavy atom. The lowest BCUT2D eigenvalue weighted by Gasteiger charge is -2.30. The Morgan fingerprint density at radius 2 is 1.74 bits per heavy atom. The number of amides is 1. The standard InChI is InChI=1S/C23H28Cl2N2O3S/c1-4-22(18-10-9-16-7-5-6-8-17(16)13-18)26-23(28)15(2)27(31(3,29)30)19-11-12-20(24)21(25)14-19/h9-15,22H,4-8H2,1-3H3,(H,26,28). The van der Waals surface area contributed by atoms with Gasteiger partial charge in [0.25, 0.3) is 0 Å². The second kappa shape index (κ2) is 9.80. The van der Waals surface area contributed by atoms with Crippen LogP contribution in [0.1, 0.15) is 55.8 Å². The van der Waals surface area contributed by atoms with Crippen molar-refractivity contribution in [3.05, 3.63) is 63.1 Å². The summed E-state index contributed by atoms with van der Waals surface area (Å²) in [6.07, 6.45) is 6.33. The van der Waals surface area contributed by atoms with Gasteiger partial charge in [0.05, 0.1) is 28.0 Å². The first kappa shape index (κ1) is 23.9. The molecule has 1 amide bonds. The molecule has 2 aromatic rings. The normalized spacial score (nSPS) is 15.6. The molecular formula is C23H28Cl2N2O3S. The topological polar surface area (TPSA) is 66.5 Å². The van der Waals surface area contributed by atoms with Crippen molar-refractivity contribution >= 4 is 44.8 Å². The van der Waals surface area contributed by atoms with E-state index in [1.54, 1.807) is 13.0 Å². The van der Waals surface area contributed by atoms with Crippen LogP contribution >= 0.6 is 23.2 Å². The largest absolute Gasteiger partial charge is 0.347 e. The number of sulfonamides is 1. The monoisotopic (exact) mass is 482 g/mol. The van der Waals surface area contributed by atoms with Crippen LogP contribution in [-0.2, 0) is 27.7 Å². The number of hydrogen-bond acceptors (Lipinski definition) is 3.